The first-order valence-electron chi connectivity index (χ1n) is 11.4. The number of thiophene rings is 1. The number of halogens is 2. The highest BCUT2D eigenvalue weighted by atomic mass is 35.5. The number of aryl methyl sites for hydroxylation is 2. The van der Waals surface area contributed by atoms with E-state index < -0.39 is 0 Å². The maximum atomic E-state index is 13.9. The first-order valence-corrected chi connectivity index (χ1v) is 14.0. The fourth-order valence-electron chi connectivity index (χ4n) is 4.35. The highest BCUT2D eigenvalue weighted by Gasteiger charge is 2.24. The highest BCUT2D eigenvalue weighted by Crippen LogP contribution is 2.36. The van der Waals surface area contributed by atoms with Gasteiger partial charge in [0.25, 0.3) is 5.56 Å². The molecule has 0 saturated heterocycles. The topological polar surface area (TPSA) is 64.0 Å². The molecule has 1 aliphatic carbocycles. The molecule has 0 fully saturated rings. The van der Waals surface area contributed by atoms with Gasteiger partial charge in [-0.05, 0) is 67.5 Å². The average molecular weight is 545 g/mol. The summed E-state index contributed by atoms with van der Waals surface area (Å²) in [4.78, 5) is 33.5. The lowest BCUT2D eigenvalue weighted by Crippen LogP contribution is -2.26. The third kappa shape index (κ3) is 4.87. The Balaban J connectivity index is 1.50. The van der Waals surface area contributed by atoms with Crippen molar-refractivity contribution >= 4 is 62.4 Å². The standard InChI is InChI=1S/C26H23Cl2N3O2S2/c1-15-18(27)10-6-11-20(15)31-25(33)23-17-8-3-5-12-21(17)35-24(23)30-26(31)34-14-22(32)29-13-16-7-2-4-9-19(16)28/h2,4,6-7,9-11H,3,5,8,12-14H2,1H3,(H,29,32). The van der Waals surface area contributed by atoms with Gasteiger partial charge in [0.1, 0.15) is 4.83 Å². The number of amides is 1. The van der Waals surface area contributed by atoms with Gasteiger partial charge in [-0.3, -0.25) is 14.2 Å². The summed E-state index contributed by atoms with van der Waals surface area (Å²) in [5, 5.41) is 5.28. The van der Waals surface area contributed by atoms with E-state index in [1.165, 1.54) is 16.6 Å². The lowest BCUT2D eigenvalue weighted by atomic mass is 9.97. The number of thioether (sulfide) groups is 1. The smallest absolute Gasteiger partial charge is 0.267 e. The monoisotopic (exact) mass is 543 g/mol. The zero-order valence-electron chi connectivity index (χ0n) is 19.1. The van der Waals surface area contributed by atoms with Crippen molar-refractivity contribution in [2.24, 2.45) is 0 Å². The van der Waals surface area contributed by atoms with Crippen LogP contribution in [0.3, 0.4) is 0 Å². The van der Waals surface area contributed by atoms with Crippen LogP contribution in [0.5, 0.6) is 0 Å². The minimum absolute atomic E-state index is 0.0984. The second kappa shape index (κ2) is 10.3. The molecule has 0 radical (unpaired) electrons. The molecule has 0 saturated carbocycles. The van der Waals surface area contributed by atoms with E-state index in [0.717, 1.165) is 47.2 Å². The first-order chi connectivity index (χ1) is 16.9. The van der Waals surface area contributed by atoms with Crippen molar-refractivity contribution in [2.45, 2.75) is 44.3 Å². The maximum Gasteiger partial charge on any atom is 0.267 e. The van der Waals surface area contributed by atoms with E-state index in [4.69, 9.17) is 28.2 Å². The zero-order valence-corrected chi connectivity index (χ0v) is 22.2. The van der Waals surface area contributed by atoms with E-state index >= 15 is 0 Å². The fourth-order valence-corrected chi connectivity index (χ4v) is 6.86. The number of hydrogen-bond donors (Lipinski definition) is 1. The summed E-state index contributed by atoms with van der Waals surface area (Å²) in [6, 6.07) is 12.9. The van der Waals surface area contributed by atoms with E-state index in [9.17, 15) is 9.59 Å². The molecule has 0 atom stereocenters. The molecule has 35 heavy (non-hydrogen) atoms. The van der Waals surface area contributed by atoms with E-state index in [1.807, 2.05) is 37.3 Å². The third-order valence-corrected chi connectivity index (χ3v) is 9.11. The van der Waals surface area contributed by atoms with E-state index in [-0.39, 0.29) is 17.2 Å². The predicted octanol–water partition coefficient (Wildman–Crippen LogP) is 6.35. The summed E-state index contributed by atoms with van der Waals surface area (Å²) >= 11 is 15.5. The summed E-state index contributed by atoms with van der Waals surface area (Å²) in [5.74, 6) is -0.0447. The Bertz CT molecular complexity index is 1500. The highest BCUT2D eigenvalue weighted by molar-refractivity contribution is 7.99. The van der Waals surface area contributed by atoms with Crippen LogP contribution in [-0.2, 0) is 24.2 Å². The number of benzene rings is 2. The van der Waals surface area contributed by atoms with Gasteiger partial charge in [0.15, 0.2) is 5.16 Å². The Kier molecular flexibility index (Phi) is 7.21. The molecular formula is C26H23Cl2N3O2S2. The largest absolute Gasteiger partial charge is 0.351 e. The van der Waals surface area contributed by atoms with Crippen molar-refractivity contribution in [1.29, 1.82) is 0 Å². The van der Waals surface area contributed by atoms with E-state index in [0.29, 0.717) is 32.8 Å². The van der Waals surface area contributed by atoms with Gasteiger partial charge in [-0.15, -0.1) is 11.3 Å². The Morgan fingerprint density at radius 2 is 1.89 bits per heavy atom. The van der Waals surface area contributed by atoms with Gasteiger partial charge < -0.3 is 5.32 Å². The number of hydrogen-bond acceptors (Lipinski definition) is 5. The van der Waals surface area contributed by atoms with Gasteiger partial charge in [0.2, 0.25) is 5.91 Å². The van der Waals surface area contributed by atoms with Gasteiger partial charge >= 0.3 is 0 Å². The molecule has 4 aromatic rings. The summed E-state index contributed by atoms with van der Waals surface area (Å²) < 4.78 is 1.62. The number of aromatic nitrogens is 2. The van der Waals surface area contributed by atoms with Crippen LogP contribution in [0.4, 0.5) is 0 Å². The molecule has 1 aliphatic rings. The molecule has 2 aromatic heterocycles. The summed E-state index contributed by atoms with van der Waals surface area (Å²) in [6.45, 7) is 2.23. The van der Waals surface area contributed by atoms with Gasteiger partial charge in [-0.2, -0.15) is 0 Å². The molecule has 1 N–H and O–H groups in total. The Hall–Kier alpha value is -2.32. The quantitative estimate of drug-likeness (QED) is 0.227. The fraction of sp³-hybridized carbons (Fsp3) is 0.269. The number of nitrogens with zero attached hydrogens (tertiary/aromatic N) is 2. The van der Waals surface area contributed by atoms with Crippen LogP contribution in [-0.4, -0.2) is 21.2 Å². The lowest BCUT2D eigenvalue weighted by Gasteiger charge is -2.16. The molecule has 0 bridgehead atoms. The van der Waals surface area contributed by atoms with Crippen LogP contribution in [0.1, 0.15) is 34.4 Å². The van der Waals surface area contributed by atoms with Gasteiger partial charge in [0.05, 0.1) is 16.8 Å². The van der Waals surface area contributed by atoms with Crippen LogP contribution < -0.4 is 10.9 Å². The van der Waals surface area contributed by atoms with Crippen LogP contribution >= 0.6 is 46.3 Å². The van der Waals surface area contributed by atoms with Crippen molar-refractivity contribution in [1.82, 2.24) is 14.9 Å². The zero-order chi connectivity index (χ0) is 24.5. The first kappa shape index (κ1) is 24.4. The van der Waals surface area contributed by atoms with Crippen molar-refractivity contribution in [3.63, 3.8) is 0 Å². The lowest BCUT2D eigenvalue weighted by molar-refractivity contribution is -0.118. The number of rotatable bonds is 6. The molecule has 2 heterocycles. The molecule has 5 nitrogen and oxygen atoms in total. The van der Waals surface area contributed by atoms with Gasteiger partial charge in [-0.1, -0.05) is 59.2 Å². The number of carbonyl (C=O) groups is 1. The SMILES string of the molecule is Cc1c(Cl)cccc1-n1c(SCC(=O)NCc2ccccc2Cl)nc2sc3c(c2c1=O)CCCC3. The summed E-state index contributed by atoms with van der Waals surface area (Å²) in [5.41, 5.74) is 3.37. The summed E-state index contributed by atoms with van der Waals surface area (Å²) in [6.07, 6.45) is 4.10. The second-order valence-corrected chi connectivity index (χ2v) is 11.3. The van der Waals surface area contributed by atoms with E-state index in [2.05, 4.69) is 5.32 Å². The van der Waals surface area contributed by atoms with Crippen LogP contribution in [0.25, 0.3) is 15.9 Å². The van der Waals surface area contributed by atoms with Crippen molar-refractivity contribution in [3.05, 3.63) is 84.4 Å². The van der Waals surface area contributed by atoms with Gasteiger partial charge in [0, 0.05) is 21.5 Å². The third-order valence-electron chi connectivity index (χ3n) is 6.20. The molecule has 1 amide bonds. The Labute approximate surface area is 221 Å². The average Bonchev–Trinajstić information content (AvgIpc) is 3.23. The Morgan fingerprint density at radius 3 is 2.71 bits per heavy atom. The van der Waals surface area contributed by atoms with Crippen molar-refractivity contribution in [3.8, 4) is 5.69 Å². The van der Waals surface area contributed by atoms with Crippen molar-refractivity contribution < 1.29 is 4.79 Å². The molecule has 0 spiro atoms. The molecular weight excluding hydrogens is 521 g/mol. The number of fused-ring (bicyclic) bond motifs is 3. The molecule has 0 aliphatic heterocycles. The number of nitrogens with one attached hydrogen (secondary N) is 1. The van der Waals surface area contributed by atoms with Crippen LogP contribution in [0.15, 0.2) is 52.4 Å². The maximum absolute atomic E-state index is 13.9. The molecule has 0 unspecified atom stereocenters. The van der Waals surface area contributed by atoms with Crippen molar-refractivity contribution in [2.75, 3.05) is 5.75 Å². The normalized spacial score (nSPS) is 13.1. The molecule has 180 valence electrons. The summed E-state index contributed by atoms with van der Waals surface area (Å²) in [7, 11) is 0. The van der Waals surface area contributed by atoms with Crippen LogP contribution in [0, 0.1) is 6.92 Å². The van der Waals surface area contributed by atoms with Gasteiger partial charge in [-0.25, -0.2) is 4.98 Å². The number of carbonyl (C=O) groups excluding carboxylic acids is 1. The molecule has 5 rings (SSSR count). The predicted molar refractivity (Wildman–Crippen MR) is 146 cm³/mol. The van der Waals surface area contributed by atoms with E-state index in [1.54, 1.807) is 28.0 Å². The molecule has 9 heteroatoms. The second-order valence-electron chi connectivity index (χ2n) is 8.47. The molecule has 2 aromatic carbocycles. The minimum Gasteiger partial charge on any atom is -0.351 e. The minimum atomic E-state index is -0.163. The Morgan fingerprint density at radius 1 is 1.11 bits per heavy atom. The van der Waals surface area contributed by atoms with Crippen LogP contribution in [0.2, 0.25) is 10.0 Å².